The normalized spacial score (nSPS) is 16.1. The number of nitrogens with zero attached hydrogens (tertiary/aromatic N) is 1. The van der Waals surface area contributed by atoms with Gasteiger partial charge in [0.15, 0.2) is 10.5 Å². The van der Waals surface area contributed by atoms with E-state index in [-0.39, 0.29) is 4.34 Å². The van der Waals surface area contributed by atoms with Gasteiger partial charge < -0.3 is 0 Å². The van der Waals surface area contributed by atoms with Crippen molar-refractivity contribution in [1.29, 1.82) is 0 Å². The summed E-state index contributed by atoms with van der Waals surface area (Å²) in [7, 11) is -1.73. The molecule has 0 saturated carbocycles. The van der Waals surface area contributed by atoms with Crippen LogP contribution in [0.2, 0.25) is 4.34 Å². The van der Waals surface area contributed by atoms with Crippen LogP contribution in [0.15, 0.2) is 22.0 Å². The van der Waals surface area contributed by atoms with Gasteiger partial charge in [-0.3, -0.25) is 0 Å². The first kappa shape index (κ1) is 12.7. The van der Waals surface area contributed by atoms with Crippen LogP contribution in [0.25, 0.3) is 0 Å². The highest BCUT2D eigenvalue weighted by Crippen LogP contribution is 2.21. The number of rotatable bonds is 4. The van der Waals surface area contributed by atoms with Gasteiger partial charge in [-0.25, -0.2) is 22.4 Å². The lowest BCUT2D eigenvalue weighted by Crippen LogP contribution is -2.08. The van der Waals surface area contributed by atoms with Crippen LogP contribution in [-0.2, 0) is 10.8 Å². The summed E-state index contributed by atoms with van der Waals surface area (Å²) in [4.78, 5) is 3.66. The first-order valence-electron chi connectivity index (χ1n) is 3.63. The molecule has 8 heteroatoms. The summed E-state index contributed by atoms with van der Waals surface area (Å²) in [5.74, 6) is 0. The molecule has 1 rings (SSSR count). The highest BCUT2D eigenvalue weighted by Gasteiger charge is 2.16. The molecule has 0 aliphatic carbocycles. The quantitative estimate of drug-likeness (QED) is 0.845. The molecule has 0 spiro atoms. The Balaban J connectivity index is 2.64. The Morgan fingerprint density at radius 1 is 1.53 bits per heavy atom. The summed E-state index contributed by atoms with van der Waals surface area (Å²) in [6.45, 7) is 0. The van der Waals surface area contributed by atoms with Gasteiger partial charge >= 0.3 is 0 Å². The van der Waals surface area contributed by atoms with Crippen molar-refractivity contribution in [2.24, 2.45) is 0 Å². The highest BCUT2D eigenvalue weighted by molar-refractivity contribution is 7.90. The van der Waals surface area contributed by atoms with E-state index in [0.717, 1.165) is 16.7 Å². The molecule has 2 unspecified atom stereocenters. The smallest absolute Gasteiger partial charge is 0.247 e. The van der Waals surface area contributed by atoms with E-state index < -0.39 is 23.4 Å². The van der Waals surface area contributed by atoms with Crippen LogP contribution in [-0.4, -0.2) is 21.8 Å². The average molecular weight is 276 g/mol. The molecule has 0 amide bonds. The molecule has 0 aromatic carbocycles. The van der Waals surface area contributed by atoms with Crippen molar-refractivity contribution >= 4 is 33.7 Å². The minimum atomic E-state index is -3.11. The van der Waals surface area contributed by atoms with Crippen molar-refractivity contribution in [3.05, 3.63) is 22.0 Å². The third-order valence-electron chi connectivity index (χ3n) is 1.26. The van der Waals surface area contributed by atoms with E-state index in [4.69, 9.17) is 11.6 Å². The molecule has 0 saturated heterocycles. The summed E-state index contributed by atoms with van der Waals surface area (Å²) in [6, 6.07) is 0. The van der Waals surface area contributed by atoms with E-state index in [0.29, 0.717) is 10.4 Å². The third-order valence-corrected chi connectivity index (χ3v) is 3.76. The van der Waals surface area contributed by atoms with E-state index in [2.05, 4.69) is 4.98 Å². The minimum Gasteiger partial charge on any atom is -0.247 e. The van der Waals surface area contributed by atoms with Crippen LogP contribution in [0.1, 0.15) is 0 Å². The largest absolute Gasteiger partial charge is 0.272 e. The Morgan fingerprint density at radius 2 is 2.20 bits per heavy atom. The van der Waals surface area contributed by atoms with E-state index in [1.54, 1.807) is 0 Å². The SMILES string of the molecule is O=S(/C=C/C(F)C(F)F)c1ncc(Cl)s1. The number of halogens is 4. The molecule has 0 aliphatic rings. The Morgan fingerprint density at radius 3 is 2.67 bits per heavy atom. The molecule has 1 aromatic heterocycles. The molecular weight excluding hydrogens is 271 g/mol. The number of hydrogen-bond donors (Lipinski definition) is 0. The lowest BCUT2D eigenvalue weighted by Gasteiger charge is -1.98. The monoisotopic (exact) mass is 275 g/mol. The second-order valence-electron chi connectivity index (χ2n) is 2.34. The second kappa shape index (κ2) is 5.62. The highest BCUT2D eigenvalue weighted by atomic mass is 35.5. The lowest BCUT2D eigenvalue weighted by atomic mass is 10.4. The lowest BCUT2D eigenvalue weighted by molar-refractivity contribution is 0.0751. The predicted octanol–water partition coefficient (Wildman–Crippen LogP) is 3.02. The summed E-state index contributed by atoms with van der Waals surface area (Å²) < 4.78 is 47.6. The zero-order valence-corrected chi connectivity index (χ0v) is 9.46. The van der Waals surface area contributed by atoms with E-state index in [1.165, 1.54) is 6.20 Å². The van der Waals surface area contributed by atoms with Crippen molar-refractivity contribution in [2.45, 2.75) is 16.9 Å². The molecule has 84 valence electrons. The zero-order valence-electron chi connectivity index (χ0n) is 7.07. The summed E-state index contributed by atoms with van der Waals surface area (Å²) in [5, 5.41) is 0.839. The molecule has 0 fully saturated rings. The van der Waals surface area contributed by atoms with Crippen LogP contribution >= 0.6 is 22.9 Å². The van der Waals surface area contributed by atoms with Crippen LogP contribution in [0.3, 0.4) is 0 Å². The molecule has 0 aliphatic heterocycles. The fourth-order valence-corrected chi connectivity index (χ4v) is 2.73. The number of hydrogen-bond acceptors (Lipinski definition) is 3. The molecule has 0 N–H and O–H groups in total. The van der Waals surface area contributed by atoms with E-state index in [1.807, 2.05) is 0 Å². The Bertz CT molecular complexity index is 382. The molecule has 2 atom stereocenters. The standard InChI is InChI=1S/C7H5ClF3NOS2/c8-5-3-12-7(14-5)15(13)2-1-4(9)6(10)11/h1-4,6H/b2-1+. The first-order valence-corrected chi connectivity index (χ1v) is 6.04. The third kappa shape index (κ3) is 3.92. The molecule has 1 aromatic rings. The Kier molecular flexibility index (Phi) is 4.75. The Hall–Kier alpha value is -0.400. The van der Waals surface area contributed by atoms with Crippen molar-refractivity contribution in [3.63, 3.8) is 0 Å². The maximum Gasteiger partial charge on any atom is 0.272 e. The van der Waals surface area contributed by atoms with Crippen LogP contribution in [0.5, 0.6) is 0 Å². The maximum atomic E-state index is 12.4. The zero-order chi connectivity index (χ0) is 11.4. The molecule has 2 nitrogen and oxygen atoms in total. The molecule has 0 bridgehead atoms. The van der Waals surface area contributed by atoms with Gasteiger partial charge in [-0.1, -0.05) is 22.9 Å². The van der Waals surface area contributed by atoms with E-state index >= 15 is 0 Å². The fraction of sp³-hybridized carbons (Fsp3) is 0.286. The molecule has 1 heterocycles. The van der Waals surface area contributed by atoms with Crippen LogP contribution in [0.4, 0.5) is 13.2 Å². The van der Waals surface area contributed by atoms with Gasteiger partial charge in [0.05, 0.1) is 6.20 Å². The van der Waals surface area contributed by atoms with Gasteiger partial charge in [-0.05, 0) is 6.08 Å². The molecule has 0 radical (unpaired) electrons. The van der Waals surface area contributed by atoms with Gasteiger partial charge in [0.1, 0.15) is 15.1 Å². The molecule has 15 heavy (non-hydrogen) atoms. The topological polar surface area (TPSA) is 30.0 Å². The molecular formula is C7H5ClF3NOS2. The van der Waals surface area contributed by atoms with Gasteiger partial charge in [0.2, 0.25) is 0 Å². The minimum absolute atomic E-state index is 0.151. The number of thiazole rings is 1. The van der Waals surface area contributed by atoms with Gasteiger partial charge in [-0.15, -0.1) is 0 Å². The van der Waals surface area contributed by atoms with Crippen molar-refractivity contribution in [1.82, 2.24) is 4.98 Å². The predicted molar refractivity (Wildman–Crippen MR) is 53.6 cm³/mol. The van der Waals surface area contributed by atoms with Crippen LogP contribution in [0, 0.1) is 0 Å². The van der Waals surface area contributed by atoms with Crippen LogP contribution < -0.4 is 0 Å². The van der Waals surface area contributed by atoms with Crippen molar-refractivity contribution in [3.8, 4) is 0 Å². The van der Waals surface area contributed by atoms with Gasteiger partial charge in [0, 0.05) is 5.41 Å². The number of allylic oxidation sites excluding steroid dienone is 1. The summed E-state index contributed by atoms with van der Waals surface area (Å²) in [5.41, 5.74) is 0. The van der Waals surface area contributed by atoms with E-state index in [9.17, 15) is 17.4 Å². The van der Waals surface area contributed by atoms with Crippen molar-refractivity contribution < 1.29 is 17.4 Å². The average Bonchev–Trinajstić information content (AvgIpc) is 2.60. The van der Waals surface area contributed by atoms with Crippen molar-refractivity contribution in [2.75, 3.05) is 0 Å². The second-order valence-corrected chi connectivity index (χ2v) is 5.51. The number of alkyl halides is 3. The maximum absolute atomic E-state index is 12.4. The van der Waals surface area contributed by atoms with Gasteiger partial charge in [-0.2, -0.15) is 0 Å². The summed E-state index contributed by atoms with van der Waals surface area (Å²) in [6.07, 6.45) is -3.69. The number of aromatic nitrogens is 1. The summed E-state index contributed by atoms with van der Waals surface area (Å²) >= 11 is 6.47. The Labute approximate surface area is 95.2 Å². The van der Waals surface area contributed by atoms with Gasteiger partial charge in [0.25, 0.3) is 6.43 Å². The first-order chi connectivity index (χ1) is 7.00. The fourth-order valence-electron chi connectivity index (χ4n) is 0.621.